The largest absolute Gasteiger partial charge is 0.325 e. The van der Waals surface area contributed by atoms with Crippen molar-refractivity contribution in [3.05, 3.63) is 0 Å². The lowest BCUT2D eigenvalue weighted by atomic mass is 9.64. The van der Waals surface area contributed by atoms with Gasteiger partial charge in [-0.05, 0) is 37.5 Å². The van der Waals surface area contributed by atoms with Gasteiger partial charge in [0.15, 0.2) is 0 Å². The van der Waals surface area contributed by atoms with E-state index in [1.165, 1.54) is 38.5 Å². The molecule has 0 aliphatic heterocycles. The molecular formula is C10H19N. The van der Waals surface area contributed by atoms with Crippen molar-refractivity contribution in [1.29, 1.82) is 0 Å². The summed E-state index contributed by atoms with van der Waals surface area (Å²) < 4.78 is 0. The molecule has 2 rings (SSSR count). The number of rotatable bonds is 0. The second-order valence-electron chi connectivity index (χ2n) is 4.87. The zero-order chi connectivity index (χ0) is 7.90. The van der Waals surface area contributed by atoms with Gasteiger partial charge in [-0.25, -0.2) is 0 Å². The molecule has 1 heteroatoms. The van der Waals surface area contributed by atoms with Crippen molar-refractivity contribution in [3.63, 3.8) is 0 Å². The smallest absolute Gasteiger partial charge is 0.0159 e. The van der Waals surface area contributed by atoms with E-state index in [2.05, 4.69) is 6.92 Å². The molecule has 1 unspecified atom stereocenters. The SMILES string of the molecule is CC1C[C@@H]2CCC[C@](N)(C1)C2. The van der Waals surface area contributed by atoms with E-state index in [-0.39, 0.29) is 5.54 Å². The average molecular weight is 153 g/mol. The van der Waals surface area contributed by atoms with E-state index in [0.29, 0.717) is 0 Å². The molecule has 64 valence electrons. The molecule has 3 atom stereocenters. The fourth-order valence-electron chi connectivity index (χ4n) is 3.25. The average Bonchev–Trinajstić information content (AvgIpc) is 1.82. The van der Waals surface area contributed by atoms with Gasteiger partial charge in [0.05, 0.1) is 0 Å². The highest BCUT2D eigenvalue weighted by Crippen LogP contribution is 2.43. The van der Waals surface area contributed by atoms with E-state index >= 15 is 0 Å². The number of fused-ring (bicyclic) bond motifs is 2. The highest BCUT2D eigenvalue weighted by atomic mass is 14.8. The van der Waals surface area contributed by atoms with Crippen LogP contribution in [0.5, 0.6) is 0 Å². The Labute approximate surface area is 69.4 Å². The molecule has 2 N–H and O–H groups in total. The van der Waals surface area contributed by atoms with Gasteiger partial charge in [-0.3, -0.25) is 0 Å². The molecular weight excluding hydrogens is 134 g/mol. The van der Waals surface area contributed by atoms with Crippen molar-refractivity contribution < 1.29 is 0 Å². The Morgan fingerprint density at radius 3 is 2.91 bits per heavy atom. The van der Waals surface area contributed by atoms with E-state index in [1.807, 2.05) is 0 Å². The molecule has 2 aliphatic rings. The highest BCUT2D eigenvalue weighted by molar-refractivity contribution is 4.96. The summed E-state index contributed by atoms with van der Waals surface area (Å²) in [6.07, 6.45) is 8.16. The molecule has 2 fully saturated rings. The number of hydrogen-bond acceptors (Lipinski definition) is 1. The van der Waals surface area contributed by atoms with Gasteiger partial charge in [-0.15, -0.1) is 0 Å². The predicted molar refractivity (Wildman–Crippen MR) is 47.3 cm³/mol. The van der Waals surface area contributed by atoms with Gasteiger partial charge in [0.2, 0.25) is 0 Å². The molecule has 2 bridgehead atoms. The first-order valence-electron chi connectivity index (χ1n) is 4.97. The van der Waals surface area contributed by atoms with Crippen molar-refractivity contribution in [2.45, 2.75) is 51.0 Å². The maximum atomic E-state index is 6.29. The molecule has 0 radical (unpaired) electrons. The molecule has 0 saturated heterocycles. The Bertz CT molecular complexity index is 151. The molecule has 0 spiro atoms. The van der Waals surface area contributed by atoms with Crippen molar-refractivity contribution in [3.8, 4) is 0 Å². The molecule has 2 aliphatic carbocycles. The second kappa shape index (κ2) is 2.48. The van der Waals surface area contributed by atoms with Gasteiger partial charge in [0.1, 0.15) is 0 Å². The Morgan fingerprint density at radius 1 is 1.36 bits per heavy atom. The van der Waals surface area contributed by atoms with Gasteiger partial charge < -0.3 is 5.73 Å². The van der Waals surface area contributed by atoms with Crippen LogP contribution in [0.25, 0.3) is 0 Å². The summed E-state index contributed by atoms with van der Waals surface area (Å²) in [5.74, 6) is 1.86. The molecule has 11 heavy (non-hydrogen) atoms. The molecule has 0 aromatic heterocycles. The van der Waals surface area contributed by atoms with Gasteiger partial charge in [0.25, 0.3) is 0 Å². The van der Waals surface area contributed by atoms with Gasteiger partial charge in [-0.2, -0.15) is 0 Å². The van der Waals surface area contributed by atoms with Crippen LogP contribution in [0.1, 0.15) is 45.4 Å². The van der Waals surface area contributed by atoms with Crippen molar-refractivity contribution >= 4 is 0 Å². The fourth-order valence-corrected chi connectivity index (χ4v) is 3.25. The summed E-state index contributed by atoms with van der Waals surface area (Å²) in [6, 6.07) is 0. The summed E-state index contributed by atoms with van der Waals surface area (Å²) in [6.45, 7) is 2.36. The van der Waals surface area contributed by atoms with Crippen LogP contribution in [0, 0.1) is 11.8 Å². The van der Waals surface area contributed by atoms with Crippen LogP contribution < -0.4 is 5.73 Å². The van der Waals surface area contributed by atoms with Gasteiger partial charge >= 0.3 is 0 Å². The normalized spacial score (nSPS) is 50.7. The van der Waals surface area contributed by atoms with Crippen molar-refractivity contribution in [2.24, 2.45) is 17.6 Å². The Kier molecular flexibility index (Phi) is 1.71. The third kappa shape index (κ3) is 1.44. The monoisotopic (exact) mass is 153 g/mol. The lowest BCUT2D eigenvalue weighted by molar-refractivity contribution is 0.116. The third-order valence-corrected chi connectivity index (χ3v) is 3.47. The van der Waals surface area contributed by atoms with Gasteiger partial charge in [0, 0.05) is 5.54 Å². The van der Waals surface area contributed by atoms with Crippen molar-refractivity contribution in [1.82, 2.24) is 0 Å². The Hall–Kier alpha value is -0.0400. The summed E-state index contributed by atoms with van der Waals surface area (Å²) in [7, 11) is 0. The minimum absolute atomic E-state index is 0.251. The maximum Gasteiger partial charge on any atom is 0.0159 e. The summed E-state index contributed by atoms with van der Waals surface area (Å²) >= 11 is 0. The molecule has 0 amide bonds. The lowest BCUT2D eigenvalue weighted by Crippen LogP contribution is -2.48. The molecule has 2 saturated carbocycles. The molecule has 1 nitrogen and oxygen atoms in total. The van der Waals surface area contributed by atoms with E-state index in [0.717, 1.165) is 11.8 Å². The van der Waals surface area contributed by atoms with Gasteiger partial charge in [-0.1, -0.05) is 19.8 Å². The standard InChI is InChI=1S/C10H19N/c1-8-5-9-3-2-4-10(11,6-8)7-9/h8-9H,2-7,11H2,1H3/t8?,9-,10-/m0/s1. The minimum Gasteiger partial charge on any atom is -0.325 e. The summed E-state index contributed by atoms with van der Waals surface area (Å²) in [5, 5.41) is 0. The first-order valence-corrected chi connectivity index (χ1v) is 4.97. The van der Waals surface area contributed by atoms with Crippen LogP contribution in [-0.2, 0) is 0 Å². The lowest BCUT2D eigenvalue weighted by Gasteiger charge is -2.45. The van der Waals surface area contributed by atoms with Crippen LogP contribution in [-0.4, -0.2) is 5.54 Å². The van der Waals surface area contributed by atoms with E-state index < -0.39 is 0 Å². The van der Waals surface area contributed by atoms with E-state index in [9.17, 15) is 0 Å². The zero-order valence-electron chi connectivity index (χ0n) is 7.47. The van der Waals surface area contributed by atoms with E-state index in [4.69, 9.17) is 5.73 Å². The van der Waals surface area contributed by atoms with Crippen LogP contribution in [0.3, 0.4) is 0 Å². The molecule has 0 aromatic carbocycles. The first-order chi connectivity index (χ1) is 5.18. The van der Waals surface area contributed by atoms with E-state index in [1.54, 1.807) is 0 Å². The third-order valence-electron chi connectivity index (χ3n) is 3.47. The first kappa shape index (κ1) is 7.60. The summed E-state index contributed by atoms with van der Waals surface area (Å²) in [4.78, 5) is 0. The Morgan fingerprint density at radius 2 is 2.18 bits per heavy atom. The topological polar surface area (TPSA) is 26.0 Å². The predicted octanol–water partition coefficient (Wildman–Crippen LogP) is 2.30. The molecule has 0 aromatic rings. The zero-order valence-corrected chi connectivity index (χ0v) is 7.47. The second-order valence-corrected chi connectivity index (χ2v) is 4.87. The number of nitrogens with two attached hydrogens (primary N) is 1. The van der Waals surface area contributed by atoms with Crippen LogP contribution in [0.4, 0.5) is 0 Å². The van der Waals surface area contributed by atoms with Crippen LogP contribution >= 0.6 is 0 Å². The molecule has 0 heterocycles. The van der Waals surface area contributed by atoms with Crippen LogP contribution in [0.15, 0.2) is 0 Å². The van der Waals surface area contributed by atoms with Crippen LogP contribution in [0.2, 0.25) is 0 Å². The summed E-state index contributed by atoms with van der Waals surface area (Å²) in [5.41, 5.74) is 6.54. The maximum absolute atomic E-state index is 6.29. The quantitative estimate of drug-likeness (QED) is 0.568. The minimum atomic E-state index is 0.251. The Balaban J connectivity index is 2.09. The van der Waals surface area contributed by atoms with Crippen molar-refractivity contribution in [2.75, 3.05) is 0 Å². The highest BCUT2D eigenvalue weighted by Gasteiger charge is 2.38. The number of hydrogen-bond donors (Lipinski definition) is 1. The fraction of sp³-hybridized carbons (Fsp3) is 1.00.